The van der Waals surface area contributed by atoms with Crippen molar-refractivity contribution >= 4 is 8.24 Å². The van der Waals surface area contributed by atoms with Crippen LogP contribution in [0.25, 0.3) is 10.4 Å². The smallest absolute Gasteiger partial charge is 0.124 e. The summed E-state index contributed by atoms with van der Waals surface area (Å²) in [6.45, 7) is 6.36. The SMILES string of the molecule is CC[Si](CC)(CC)N=[N+]=[N-]. The summed E-state index contributed by atoms with van der Waals surface area (Å²) in [6.07, 6.45) is 0. The van der Waals surface area contributed by atoms with Crippen LogP contribution < -0.4 is 0 Å². The number of rotatable bonds is 4. The molecule has 0 heterocycles. The minimum absolute atomic E-state index is 1.07. The second-order valence-electron chi connectivity index (χ2n) is 2.47. The molecule has 0 spiro atoms. The topological polar surface area (TPSA) is 48.8 Å². The molecule has 0 radical (unpaired) electrons. The molecule has 0 amide bonds. The number of azide groups is 1. The van der Waals surface area contributed by atoms with E-state index in [2.05, 4.69) is 30.5 Å². The largest absolute Gasteiger partial charge is 0.155 e. The average molecular weight is 157 g/mol. The molecular formula is C6H15N3Si. The summed E-state index contributed by atoms with van der Waals surface area (Å²) in [4.78, 5) is 2.91. The van der Waals surface area contributed by atoms with Gasteiger partial charge < -0.3 is 0 Å². The van der Waals surface area contributed by atoms with Gasteiger partial charge in [0, 0.05) is 0 Å². The molecule has 0 aliphatic heterocycles. The van der Waals surface area contributed by atoms with Gasteiger partial charge in [-0.25, -0.2) is 0 Å². The highest BCUT2D eigenvalue weighted by molar-refractivity contribution is 6.77. The van der Waals surface area contributed by atoms with Gasteiger partial charge in [0.1, 0.15) is 0 Å². The third-order valence-electron chi connectivity index (χ3n) is 2.23. The maximum absolute atomic E-state index is 8.29. The molecule has 0 aromatic rings. The van der Waals surface area contributed by atoms with E-state index >= 15 is 0 Å². The Morgan fingerprint density at radius 1 is 1.20 bits per heavy atom. The van der Waals surface area contributed by atoms with Gasteiger partial charge in [0.05, 0.1) is 0 Å². The summed E-state index contributed by atoms with van der Waals surface area (Å²) in [6, 6.07) is 3.22. The minimum Gasteiger partial charge on any atom is -0.124 e. The van der Waals surface area contributed by atoms with Crippen LogP contribution in [0.2, 0.25) is 18.1 Å². The Morgan fingerprint density at radius 2 is 1.60 bits per heavy atom. The second kappa shape index (κ2) is 4.36. The molecule has 0 saturated heterocycles. The molecule has 0 aliphatic rings. The van der Waals surface area contributed by atoms with E-state index < -0.39 is 8.24 Å². The standard InChI is InChI=1S/C6H15N3Si/c1-4-10(5-2,6-3)9-8-7/h4-6H2,1-3H3. The van der Waals surface area contributed by atoms with E-state index in [-0.39, 0.29) is 0 Å². The Hall–Kier alpha value is -0.473. The van der Waals surface area contributed by atoms with Gasteiger partial charge in [0.25, 0.3) is 0 Å². The molecule has 4 heteroatoms. The zero-order valence-corrected chi connectivity index (χ0v) is 7.96. The number of nitrogens with zero attached hydrogens (tertiary/aromatic N) is 3. The number of hydrogen-bond donors (Lipinski definition) is 0. The van der Waals surface area contributed by atoms with E-state index in [1.807, 2.05) is 0 Å². The van der Waals surface area contributed by atoms with E-state index in [1.165, 1.54) is 0 Å². The molecule has 0 fully saturated rings. The van der Waals surface area contributed by atoms with Crippen LogP contribution in [-0.2, 0) is 0 Å². The van der Waals surface area contributed by atoms with Crippen molar-refractivity contribution in [3.8, 4) is 0 Å². The van der Waals surface area contributed by atoms with Crippen LogP contribution in [0.15, 0.2) is 4.78 Å². The van der Waals surface area contributed by atoms with Crippen molar-refractivity contribution in [3.05, 3.63) is 10.4 Å². The highest BCUT2D eigenvalue weighted by Gasteiger charge is 2.24. The van der Waals surface area contributed by atoms with Crippen molar-refractivity contribution in [3.63, 3.8) is 0 Å². The van der Waals surface area contributed by atoms with E-state index in [0.717, 1.165) is 18.1 Å². The summed E-state index contributed by atoms with van der Waals surface area (Å²) >= 11 is 0. The molecule has 0 unspecified atom stereocenters. The predicted molar refractivity (Wildman–Crippen MR) is 46.3 cm³/mol. The van der Waals surface area contributed by atoms with Crippen LogP contribution in [0.4, 0.5) is 0 Å². The van der Waals surface area contributed by atoms with Gasteiger partial charge in [0.15, 0.2) is 8.24 Å². The van der Waals surface area contributed by atoms with E-state index in [4.69, 9.17) is 5.53 Å². The van der Waals surface area contributed by atoms with Crippen LogP contribution in [0.3, 0.4) is 0 Å². The van der Waals surface area contributed by atoms with E-state index in [9.17, 15) is 0 Å². The van der Waals surface area contributed by atoms with E-state index in [1.54, 1.807) is 0 Å². The van der Waals surface area contributed by atoms with E-state index in [0.29, 0.717) is 0 Å². The van der Waals surface area contributed by atoms with Crippen molar-refractivity contribution in [2.24, 2.45) is 4.78 Å². The second-order valence-corrected chi connectivity index (χ2v) is 7.24. The number of hydrogen-bond acceptors (Lipinski definition) is 1. The lowest BCUT2D eigenvalue weighted by Crippen LogP contribution is -2.27. The van der Waals surface area contributed by atoms with Crippen LogP contribution >= 0.6 is 0 Å². The molecule has 0 rings (SSSR count). The van der Waals surface area contributed by atoms with Crippen LogP contribution in [0.5, 0.6) is 0 Å². The summed E-state index contributed by atoms with van der Waals surface area (Å²) < 4.78 is 3.93. The third-order valence-corrected chi connectivity index (χ3v) is 6.69. The first kappa shape index (κ1) is 9.53. The van der Waals surface area contributed by atoms with Gasteiger partial charge in [-0.2, -0.15) is 0 Å². The minimum atomic E-state index is -1.51. The predicted octanol–water partition coefficient (Wildman–Crippen LogP) is 3.30. The van der Waals surface area contributed by atoms with Crippen molar-refractivity contribution in [1.82, 2.24) is 0 Å². The van der Waals surface area contributed by atoms with Gasteiger partial charge in [-0.3, -0.25) is 0 Å². The van der Waals surface area contributed by atoms with Crippen molar-refractivity contribution in [2.45, 2.75) is 38.9 Å². The fraction of sp³-hybridized carbons (Fsp3) is 1.00. The van der Waals surface area contributed by atoms with Crippen molar-refractivity contribution in [1.29, 1.82) is 0 Å². The zero-order chi connectivity index (χ0) is 8.04. The fourth-order valence-electron chi connectivity index (χ4n) is 1.06. The van der Waals surface area contributed by atoms with Crippen LogP contribution in [0, 0.1) is 0 Å². The lowest BCUT2D eigenvalue weighted by Gasteiger charge is -2.19. The third kappa shape index (κ3) is 2.04. The van der Waals surface area contributed by atoms with Gasteiger partial charge in [0.2, 0.25) is 0 Å². The Bertz CT molecular complexity index is 128. The van der Waals surface area contributed by atoms with Gasteiger partial charge >= 0.3 is 0 Å². The molecule has 0 bridgehead atoms. The molecule has 3 nitrogen and oxygen atoms in total. The van der Waals surface area contributed by atoms with Crippen LogP contribution in [0.1, 0.15) is 20.8 Å². The molecule has 0 aromatic carbocycles. The Balaban J connectivity index is 4.29. The maximum atomic E-state index is 8.29. The Labute approximate surface area is 63.2 Å². The quantitative estimate of drug-likeness (QED) is 0.260. The normalized spacial score (nSPS) is 10.7. The van der Waals surface area contributed by atoms with Gasteiger partial charge in [-0.15, -0.1) is 4.78 Å². The zero-order valence-electron chi connectivity index (χ0n) is 6.96. The highest BCUT2D eigenvalue weighted by Crippen LogP contribution is 2.21. The molecule has 10 heavy (non-hydrogen) atoms. The van der Waals surface area contributed by atoms with Gasteiger partial charge in [-0.05, 0) is 10.4 Å². The first-order valence-corrected chi connectivity index (χ1v) is 6.37. The molecule has 0 aromatic heterocycles. The lowest BCUT2D eigenvalue weighted by atomic mass is 10.9. The summed E-state index contributed by atoms with van der Waals surface area (Å²) in [5, 5.41) is 0. The molecule has 0 saturated carbocycles. The highest BCUT2D eigenvalue weighted by atomic mass is 28.3. The molecular weight excluding hydrogens is 142 g/mol. The first-order chi connectivity index (χ1) is 4.74. The summed E-state index contributed by atoms with van der Waals surface area (Å²) in [5.41, 5.74) is 8.29. The summed E-state index contributed by atoms with van der Waals surface area (Å²) in [5.74, 6) is 0. The first-order valence-electron chi connectivity index (χ1n) is 3.81. The molecule has 0 atom stereocenters. The van der Waals surface area contributed by atoms with Gasteiger partial charge in [-0.1, -0.05) is 38.9 Å². The Kier molecular flexibility index (Phi) is 4.15. The van der Waals surface area contributed by atoms with Crippen molar-refractivity contribution in [2.75, 3.05) is 0 Å². The molecule has 0 N–H and O–H groups in total. The fourth-order valence-corrected chi connectivity index (χ4v) is 3.17. The maximum Gasteiger partial charge on any atom is 0.155 e. The van der Waals surface area contributed by atoms with Crippen LogP contribution in [-0.4, -0.2) is 8.24 Å². The Morgan fingerprint density at radius 3 is 1.70 bits per heavy atom. The lowest BCUT2D eigenvalue weighted by molar-refractivity contribution is 1.14. The van der Waals surface area contributed by atoms with Crippen molar-refractivity contribution < 1.29 is 0 Å². The molecule has 0 aliphatic carbocycles. The summed E-state index contributed by atoms with van der Waals surface area (Å²) in [7, 11) is -1.51. The monoisotopic (exact) mass is 157 g/mol. The average Bonchev–Trinajstić information content (AvgIpc) is 2.01. The molecule has 58 valence electrons.